The van der Waals surface area contributed by atoms with Crippen LogP contribution < -0.4 is 5.32 Å². The largest absolute Gasteiger partial charge is 0.351 e. The Labute approximate surface area is 114 Å². The third kappa shape index (κ3) is 4.28. The van der Waals surface area contributed by atoms with E-state index in [1.54, 1.807) is 0 Å². The highest BCUT2D eigenvalue weighted by atomic mass is 79.9. The minimum Gasteiger partial charge on any atom is -0.351 e. The second kappa shape index (κ2) is 5.83. The maximum atomic E-state index is 13.4. The first-order valence-corrected chi connectivity index (χ1v) is 6.65. The van der Waals surface area contributed by atoms with Crippen LogP contribution in [0.25, 0.3) is 0 Å². The summed E-state index contributed by atoms with van der Waals surface area (Å²) in [7, 11) is 0. The van der Waals surface area contributed by atoms with Crippen molar-refractivity contribution in [2.45, 2.75) is 13.8 Å². The summed E-state index contributed by atoms with van der Waals surface area (Å²) < 4.78 is 13.4. The van der Waals surface area contributed by atoms with Crippen molar-refractivity contribution in [2.75, 3.05) is 11.9 Å². The lowest BCUT2D eigenvalue weighted by Gasteiger charge is -2.21. The molecule has 1 aromatic carbocycles. The van der Waals surface area contributed by atoms with Crippen molar-refractivity contribution in [2.24, 2.45) is 5.41 Å². The first-order chi connectivity index (χ1) is 7.85. The van der Waals surface area contributed by atoms with Crippen molar-refractivity contribution in [1.82, 2.24) is 5.32 Å². The molecule has 0 radical (unpaired) electrons. The molecule has 1 aromatic rings. The Balaban J connectivity index is 2.71. The van der Waals surface area contributed by atoms with Gasteiger partial charge in [-0.15, -0.1) is 0 Å². The zero-order chi connectivity index (χ0) is 13.1. The van der Waals surface area contributed by atoms with Gasteiger partial charge in [0.2, 0.25) is 0 Å². The molecule has 0 aliphatic carbocycles. The summed E-state index contributed by atoms with van der Waals surface area (Å²) >= 11 is 8.97. The number of alkyl halides is 1. The molecule has 0 heterocycles. The van der Waals surface area contributed by atoms with Gasteiger partial charge in [0.1, 0.15) is 5.82 Å². The standard InChI is InChI=1S/C12H14BrClFNO/c1-12(2,6-13)7-16-11(17)9-4-3-8(14)5-10(9)15/h3-5H,6-7H2,1-2H3,(H,16,17). The van der Waals surface area contributed by atoms with Gasteiger partial charge in [-0.2, -0.15) is 0 Å². The maximum absolute atomic E-state index is 13.4. The van der Waals surface area contributed by atoms with E-state index in [0.29, 0.717) is 6.54 Å². The highest BCUT2D eigenvalue weighted by Gasteiger charge is 2.19. The third-order valence-electron chi connectivity index (χ3n) is 2.27. The van der Waals surface area contributed by atoms with Gasteiger partial charge in [-0.3, -0.25) is 4.79 Å². The molecule has 94 valence electrons. The molecule has 1 N–H and O–H groups in total. The van der Waals surface area contributed by atoms with E-state index in [2.05, 4.69) is 21.2 Å². The fourth-order valence-electron chi connectivity index (χ4n) is 1.14. The normalized spacial score (nSPS) is 11.4. The molecule has 0 unspecified atom stereocenters. The molecular formula is C12H14BrClFNO. The lowest BCUT2D eigenvalue weighted by Crippen LogP contribution is -2.35. The summed E-state index contributed by atoms with van der Waals surface area (Å²) in [6.07, 6.45) is 0. The highest BCUT2D eigenvalue weighted by Crippen LogP contribution is 2.18. The summed E-state index contributed by atoms with van der Waals surface area (Å²) in [6.45, 7) is 4.47. The van der Waals surface area contributed by atoms with E-state index >= 15 is 0 Å². The molecule has 0 aromatic heterocycles. The predicted molar refractivity (Wildman–Crippen MR) is 71.3 cm³/mol. The number of carbonyl (C=O) groups is 1. The van der Waals surface area contributed by atoms with Crippen molar-refractivity contribution >= 4 is 33.4 Å². The molecule has 0 saturated carbocycles. The Morgan fingerprint density at radius 3 is 2.71 bits per heavy atom. The van der Waals surface area contributed by atoms with Crippen molar-refractivity contribution in [3.8, 4) is 0 Å². The van der Waals surface area contributed by atoms with E-state index in [-0.39, 0.29) is 16.0 Å². The molecule has 0 aliphatic rings. The molecule has 0 spiro atoms. The van der Waals surface area contributed by atoms with Gasteiger partial charge in [-0.05, 0) is 23.6 Å². The van der Waals surface area contributed by atoms with E-state index in [9.17, 15) is 9.18 Å². The minimum atomic E-state index is -0.605. The fraction of sp³-hybridized carbons (Fsp3) is 0.417. The summed E-state index contributed by atoms with van der Waals surface area (Å²) in [6, 6.07) is 4.01. The van der Waals surface area contributed by atoms with Gasteiger partial charge in [0.15, 0.2) is 0 Å². The molecule has 0 saturated heterocycles. The molecule has 1 amide bonds. The van der Waals surface area contributed by atoms with Gasteiger partial charge in [-0.1, -0.05) is 41.4 Å². The van der Waals surface area contributed by atoms with Gasteiger partial charge < -0.3 is 5.32 Å². The zero-order valence-electron chi connectivity index (χ0n) is 9.69. The van der Waals surface area contributed by atoms with Crippen LogP contribution in [-0.4, -0.2) is 17.8 Å². The van der Waals surface area contributed by atoms with Gasteiger partial charge in [0.25, 0.3) is 5.91 Å². The first kappa shape index (κ1) is 14.5. The quantitative estimate of drug-likeness (QED) is 0.843. The lowest BCUT2D eigenvalue weighted by atomic mass is 9.97. The fourth-order valence-corrected chi connectivity index (χ4v) is 1.49. The molecule has 17 heavy (non-hydrogen) atoms. The lowest BCUT2D eigenvalue weighted by molar-refractivity contribution is 0.0936. The topological polar surface area (TPSA) is 29.1 Å². The Bertz CT molecular complexity index is 423. The number of hydrogen-bond donors (Lipinski definition) is 1. The average molecular weight is 323 g/mol. The summed E-state index contributed by atoms with van der Waals surface area (Å²) in [5.41, 5.74) is -0.0572. The van der Waals surface area contributed by atoms with Crippen LogP contribution in [0.5, 0.6) is 0 Å². The molecule has 0 atom stereocenters. The van der Waals surface area contributed by atoms with Crippen LogP contribution in [0.3, 0.4) is 0 Å². The molecule has 5 heteroatoms. The molecule has 2 nitrogen and oxygen atoms in total. The van der Waals surface area contributed by atoms with Gasteiger partial charge >= 0.3 is 0 Å². The van der Waals surface area contributed by atoms with E-state index in [4.69, 9.17) is 11.6 Å². The van der Waals surface area contributed by atoms with Crippen LogP contribution in [0.4, 0.5) is 4.39 Å². The number of rotatable bonds is 4. The van der Waals surface area contributed by atoms with E-state index in [1.165, 1.54) is 12.1 Å². The third-order valence-corrected chi connectivity index (χ3v) is 4.02. The van der Waals surface area contributed by atoms with Crippen LogP contribution in [-0.2, 0) is 0 Å². The van der Waals surface area contributed by atoms with Crippen LogP contribution in [0.1, 0.15) is 24.2 Å². The van der Waals surface area contributed by atoms with E-state index in [1.807, 2.05) is 13.8 Å². The maximum Gasteiger partial charge on any atom is 0.254 e. The number of nitrogens with one attached hydrogen (secondary N) is 1. The molecule has 0 bridgehead atoms. The molecule has 0 fully saturated rings. The Morgan fingerprint density at radius 2 is 2.18 bits per heavy atom. The number of halogens is 3. The summed E-state index contributed by atoms with van der Waals surface area (Å²) in [5, 5.41) is 3.73. The van der Waals surface area contributed by atoms with Gasteiger partial charge in [0, 0.05) is 16.9 Å². The molecule has 0 aliphatic heterocycles. The second-order valence-electron chi connectivity index (χ2n) is 4.60. The van der Waals surface area contributed by atoms with Gasteiger partial charge in [0.05, 0.1) is 5.56 Å². The second-order valence-corrected chi connectivity index (χ2v) is 5.60. The van der Waals surface area contributed by atoms with E-state index in [0.717, 1.165) is 11.4 Å². The SMILES string of the molecule is CC(C)(CBr)CNC(=O)c1ccc(Cl)cc1F. The highest BCUT2D eigenvalue weighted by molar-refractivity contribution is 9.09. The Kier molecular flexibility index (Phi) is 4.95. The van der Waals surface area contributed by atoms with Crippen molar-refractivity contribution in [1.29, 1.82) is 0 Å². The van der Waals surface area contributed by atoms with Gasteiger partial charge in [-0.25, -0.2) is 4.39 Å². The first-order valence-electron chi connectivity index (χ1n) is 5.15. The van der Waals surface area contributed by atoms with Crippen LogP contribution in [0.15, 0.2) is 18.2 Å². The van der Waals surface area contributed by atoms with Crippen molar-refractivity contribution < 1.29 is 9.18 Å². The summed E-state index contributed by atoms with van der Waals surface area (Å²) in [4.78, 5) is 11.7. The number of amides is 1. The van der Waals surface area contributed by atoms with E-state index < -0.39 is 11.7 Å². The monoisotopic (exact) mass is 321 g/mol. The van der Waals surface area contributed by atoms with Crippen molar-refractivity contribution in [3.63, 3.8) is 0 Å². The number of hydrogen-bond acceptors (Lipinski definition) is 1. The van der Waals surface area contributed by atoms with Crippen LogP contribution >= 0.6 is 27.5 Å². The number of benzene rings is 1. The smallest absolute Gasteiger partial charge is 0.254 e. The van der Waals surface area contributed by atoms with Crippen molar-refractivity contribution in [3.05, 3.63) is 34.6 Å². The Hall–Kier alpha value is -0.610. The number of carbonyl (C=O) groups excluding carboxylic acids is 1. The molecule has 1 rings (SSSR count). The Morgan fingerprint density at radius 1 is 1.53 bits per heavy atom. The van der Waals surface area contributed by atoms with Crippen LogP contribution in [0, 0.1) is 11.2 Å². The zero-order valence-corrected chi connectivity index (χ0v) is 12.0. The molecular weight excluding hydrogens is 308 g/mol. The predicted octanol–water partition coefficient (Wildman–Crippen LogP) is 3.63. The summed E-state index contributed by atoms with van der Waals surface area (Å²) in [5.74, 6) is -1.03. The van der Waals surface area contributed by atoms with Crippen LogP contribution in [0.2, 0.25) is 5.02 Å². The minimum absolute atomic E-state index is 0.0137. The average Bonchev–Trinajstić information content (AvgIpc) is 2.26.